The molecular formula is C19H29N3O2. The first-order chi connectivity index (χ1) is 11.5. The van der Waals surface area contributed by atoms with Crippen molar-refractivity contribution >= 4 is 11.8 Å². The molecule has 0 spiro atoms. The third kappa shape index (κ3) is 3.61. The van der Waals surface area contributed by atoms with Crippen LogP contribution in [0.2, 0.25) is 0 Å². The zero-order chi connectivity index (χ0) is 17.7. The van der Waals surface area contributed by atoms with Crippen LogP contribution in [-0.2, 0) is 4.79 Å². The van der Waals surface area contributed by atoms with Crippen LogP contribution < -0.4 is 5.73 Å². The number of benzene rings is 1. The lowest BCUT2D eigenvalue weighted by Crippen LogP contribution is -2.55. The van der Waals surface area contributed by atoms with Gasteiger partial charge in [0.1, 0.15) is 0 Å². The van der Waals surface area contributed by atoms with E-state index in [1.165, 1.54) is 0 Å². The van der Waals surface area contributed by atoms with Crippen molar-refractivity contribution in [2.75, 3.05) is 32.7 Å². The summed E-state index contributed by atoms with van der Waals surface area (Å²) in [6.07, 6.45) is 1.50. The molecule has 0 aromatic heterocycles. The third-order valence-electron chi connectivity index (χ3n) is 5.35. The topological polar surface area (TPSA) is 66.6 Å². The normalized spacial score (nSPS) is 15.5. The van der Waals surface area contributed by atoms with Crippen molar-refractivity contribution in [3.63, 3.8) is 0 Å². The van der Waals surface area contributed by atoms with Gasteiger partial charge in [-0.15, -0.1) is 0 Å². The number of rotatable bonds is 5. The molecule has 1 aliphatic rings. The lowest BCUT2D eigenvalue weighted by atomic mass is 9.81. The molecule has 0 saturated carbocycles. The number of nitrogens with zero attached hydrogens (tertiary/aromatic N) is 2. The maximum absolute atomic E-state index is 12.8. The lowest BCUT2D eigenvalue weighted by Gasteiger charge is -2.40. The minimum absolute atomic E-state index is 0.0400. The summed E-state index contributed by atoms with van der Waals surface area (Å²) in [5.74, 6) is 0.176. The molecule has 2 rings (SSSR count). The molecule has 24 heavy (non-hydrogen) atoms. The average Bonchev–Trinajstić information content (AvgIpc) is 2.63. The Kier molecular flexibility index (Phi) is 5.99. The fourth-order valence-electron chi connectivity index (χ4n) is 3.26. The zero-order valence-electron chi connectivity index (χ0n) is 15.0. The molecule has 0 atom stereocenters. The molecule has 1 aromatic rings. The van der Waals surface area contributed by atoms with Crippen LogP contribution in [0.25, 0.3) is 0 Å². The first kappa shape index (κ1) is 18.5. The van der Waals surface area contributed by atoms with Gasteiger partial charge in [0, 0.05) is 38.3 Å². The van der Waals surface area contributed by atoms with Crippen molar-refractivity contribution in [1.29, 1.82) is 0 Å². The number of aryl methyl sites for hydroxylation is 1. The number of nitrogens with two attached hydrogens (primary N) is 1. The van der Waals surface area contributed by atoms with Gasteiger partial charge in [0.2, 0.25) is 5.91 Å². The van der Waals surface area contributed by atoms with Gasteiger partial charge in [0.15, 0.2) is 0 Å². The Bertz CT molecular complexity index is 563. The summed E-state index contributed by atoms with van der Waals surface area (Å²) in [6, 6.07) is 7.63. The molecule has 0 bridgehead atoms. The molecule has 2 amide bonds. The zero-order valence-corrected chi connectivity index (χ0v) is 15.0. The monoisotopic (exact) mass is 331 g/mol. The highest BCUT2D eigenvalue weighted by Gasteiger charge is 2.38. The van der Waals surface area contributed by atoms with Crippen LogP contribution in [0.4, 0.5) is 0 Å². The Balaban J connectivity index is 1.99. The summed E-state index contributed by atoms with van der Waals surface area (Å²) >= 11 is 0. The summed E-state index contributed by atoms with van der Waals surface area (Å²) in [5, 5.41) is 0. The van der Waals surface area contributed by atoms with Crippen molar-refractivity contribution in [2.45, 2.75) is 33.6 Å². The average molecular weight is 331 g/mol. The molecule has 1 fully saturated rings. The Labute approximate surface area is 144 Å². The van der Waals surface area contributed by atoms with Gasteiger partial charge in [-0.05, 0) is 31.9 Å². The minimum atomic E-state index is -0.455. The first-order valence-corrected chi connectivity index (χ1v) is 8.82. The van der Waals surface area contributed by atoms with Gasteiger partial charge in [-0.3, -0.25) is 9.59 Å². The van der Waals surface area contributed by atoms with E-state index in [4.69, 9.17) is 5.73 Å². The molecule has 0 aliphatic carbocycles. The van der Waals surface area contributed by atoms with E-state index in [1.807, 2.05) is 54.8 Å². The second-order valence-electron chi connectivity index (χ2n) is 6.64. The Morgan fingerprint density at radius 2 is 1.50 bits per heavy atom. The van der Waals surface area contributed by atoms with Gasteiger partial charge < -0.3 is 15.5 Å². The molecule has 1 aliphatic heterocycles. The Hall–Kier alpha value is -1.88. The molecule has 132 valence electrons. The number of amides is 2. The van der Waals surface area contributed by atoms with Gasteiger partial charge >= 0.3 is 0 Å². The van der Waals surface area contributed by atoms with Crippen LogP contribution in [0.15, 0.2) is 24.3 Å². The molecule has 0 radical (unpaired) electrons. The summed E-state index contributed by atoms with van der Waals surface area (Å²) < 4.78 is 0. The molecule has 1 heterocycles. The van der Waals surface area contributed by atoms with E-state index in [0.717, 1.165) is 18.4 Å². The second-order valence-corrected chi connectivity index (χ2v) is 6.64. The van der Waals surface area contributed by atoms with Gasteiger partial charge in [-0.25, -0.2) is 0 Å². The number of carbonyl (C=O) groups is 2. The fourth-order valence-corrected chi connectivity index (χ4v) is 3.26. The van der Waals surface area contributed by atoms with Crippen molar-refractivity contribution in [3.05, 3.63) is 35.4 Å². The van der Waals surface area contributed by atoms with E-state index in [-0.39, 0.29) is 11.8 Å². The van der Waals surface area contributed by atoms with Crippen LogP contribution in [0.5, 0.6) is 0 Å². The first-order valence-electron chi connectivity index (χ1n) is 8.82. The van der Waals surface area contributed by atoms with E-state index in [1.54, 1.807) is 0 Å². The number of carbonyl (C=O) groups excluding carboxylic acids is 2. The molecule has 1 saturated heterocycles. The van der Waals surface area contributed by atoms with Crippen LogP contribution in [0, 0.1) is 12.3 Å². The smallest absolute Gasteiger partial charge is 0.253 e. The Morgan fingerprint density at radius 3 is 1.96 bits per heavy atom. The highest BCUT2D eigenvalue weighted by molar-refractivity contribution is 5.94. The summed E-state index contributed by atoms with van der Waals surface area (Å²) in [4.78, 5) is 29.1. The van der Waals surface area contributed by atoms with Crippen molar-refractivity contribution in [1.82, 2.24) is 9.80 Å². The minimum Gasteiger partial charge on any atom is -0.339 e. The van der Waals surface area contributed by atoms with Crippen molar-refractivity contribution in [2.24, 2.45) is 11.1 Å². The maximum Gasteiger partial charge on any atom is 0.253 e. The standard InChI is InChI=1S/C19H29N3O2/c1-4-19(5-2,14-20)18(24)22-12-10-21(11-13-22)17(23)16-8-6-15(3)7-9-16/h6-9H,4-5,10-14,20H2,1-3H3. The number of hydrogen-bond donors (Lipinski definition) is 1. The second kappa shape index (κ2) is 7.79. The van der Waals surface area contributed by atoms with Crippen molar-refractivity contribution < 1.29 is 9.59 Å². The quantitative estimate of drug-likeness (QED) is 0.898. The largest absolute Gasteiger partial charge is 0.339 e. The van der Waals surface area contributed by atoms with Gasteiger partial charge in [0.05, 0.1) is 5.41 Å². The molecular weight excluding hydrogens is 302 g/mol. The summed E-state index contributed by atoms with van der Waals surface area (Å²) in [7, 11) is 0. The van der Waals surface area contributed by atoms with E-state index < -0.39 is 5.41 Å². The summed E-state index contributed by atoms with van der Waals surface area (Å²) in [5.41, 5.74) is 7.28. The van der Waals surface area contributed by atoms with Gasteiger partial charge in [-0.2, -0.15) is 0 Å². The number of piperazine rings is 1. The molecule has 1 aromatic carbocycles. The highest BCUT2D eigenvalue weighted by atomic mass is 16.2. The van der Waals surface area contributed by atoms with Crippen LogP contribution in [0.3, 0.4) is 0 Å². The predicted octanol–water partition coefficient (Wildman–Crippen LogP) is 2.04. The van der Waals surface area contributed by atoms with E-state index in [0.29, 0.717) is 38.3 Å². The third-order valence-corrected chi connectivity index (χ3v) is 5.35. The Morgan fingerprint density at radius 1 is 1.00 bits per heavy atom. The fraction of sp³-hybridized carbons (Fsp3) is 0.579. The lowest BCUT2D eigenvalue weighted by molar-refractivity contribution is -0.143. The SMILES string of the molecule is CCC(CC)(CN)C(=O)N1CCN(C(=O)c2ccc(C)cc2)CC1. The van der Waals surface area contributed by atoms with E-state index in [2.05, 4.69) is 0 Å². The highest BCUT2D eigenvalue weighted by Crippen LogP contribution is 2.28. The molecule has 0 unspecified atom stereocenters. The molecule has 5 nitrogen and oxygen atoms in total. The molecule has 2 N–H and O–H groups in total. The summed E-state index contributed by atoms with van der Waals surface area (Å²) in [6.45, 7) is 8.73. The van der Waals surface area contributed by atoms with Crippen LogP contribution in [-0.4, -0.2) is 54.3 Å². The van der Waals surface area contributed by atoms with E-state index >= 15 is 0 Å². The van der Waals surface area contributed by atoms with Gasteiger partial charge in [-0.1, -0.05) is 31.5 Å². The number of hydrogen-bond acceptors (Lipinski definition) is 3. The molecule has 5 heteroatoms. The van der Waals surface area contributed by atoms with Gasteiger partial charge in [0.25, 0.3) is 5.91 Å². The maximum atomic E-state index is 12.8. The van der Waals surface area contributed by atoms with Crippen LogP contribution >= 0.6 is 0 Å². The predicted molar refractivity (Wildman–Crippen MR) is 95.7 cm³/mol. The van der Waals surface area contributed by atoms with Crippen LogP contribution in [0.1, 0.15) is 42.6 Å². The van der Waals surface area contributed by atoms with E-state index in [9.17, 15) is 9.59 Å². The van der Waals surface area contributed by atoms with Crippen molar-refractivity contribution in [3.8, 4) is 0 Å².